The van der Waals surface area contributed by atoms with E-state index < -0.39 is 32.9 Å². The molecule has 0 saturated carbocycles. The predicted octanol–water partition coefficient (Wildman–Crippen LogP) is 1.78. The first-order chi connectivity index (χ1) is 7.04. The fourth-order valence-corrected chi connectivity index (χ4v) is 1.29. The molecule has 2 N–H and O–H groups in total. The van der Waals surface area contributed by atoms with Crippen LogP contribution in [0.4, 0.5) is 13.6 Å². The van der Waals surface area contributed by atoms with Gasteiger partial charge in [-0.15, -0.1) is 0 Å². The van der Waals surface area contributed by atoms with Crippen LogP contribution in [0.3, 0.4) is 0 Å². The Morgan fingerprint density at radius 2 is 2.00 bits per heavy atom. The summed E-state index contributed by atoms with van der Waals surface area (Å²) in [7, 11) is -3.94. The molecule has 5 nitrogen and oxygen atoms in total. The molecule has 1 amide bonds. The molecule has 0 spiro atoms. The van der Waals surface area contributed by atoms with Crippen molar-refractivity contribution in [3.05, 3.63) is 0 Å². The molecule has 0 bridgehead atoms. The van der Waals surface area contributed by atoms with Crippen molar-refractivity contribution in [2.75, 3.05) is 12.3 Å². The lowest BCUT2D eigenvalue weighted by Crippen LogP contribution is -2.35. The van der Waals surface area contributed by atoms with Crippen LogP contribution in [-0.2, 0) is 14.5 Å². The van der Waals surface area contributed by atoms with Crippen LogP contribution in [-0.4, -0.2) is 34.0 Å². The highest BCUT2D eigenvalue weighted by Crippen LogP contribution is 2.07. The van der Waals surface area contributed by atoms with Crippen molar-refractivity contribution in [2.24, 2.45) is 0 Å². The quantitative estimate of drug-likeness (QED) is 0.806. The molecule has 1 unspecified atom stereocenters. The second kappa shape index (κ2) is 5.42. The lowest BCUT2D eigenvalue weighted by molar-refractivity contribution is 0.0531. The van der Waals surface area contributed by atoms with E-state index in [1.807, 2.05) is 0 Å². The highest BCUT2D eigenvalue weighted by Gasteiger charge is 2.20. The summed E-state index contributed by atoms with van der Waals surface area (Å²) in [4.78, 5) is 11.0. The molecule has 16 heavy (non-hydrogen) atoms. The van der Waals surface area contributed by atoms with Crippen LogP contribution >= 0.6 is 0 Å². The van der Waals surface area contributed by atoms with Crippen molar-refractivity contribution in [3.63, 3.8) is 0 Å². The first-order valence-corrected chi connectivity index (χ1v) is 6.34. The summed E-state index contributed by atoms with van der Waals surface area (Å²) in [6, 6.07) is 0. The zero-order valence-electron chi connectivity index (χ0n) is 9.38. The lowest BCUT2D eigenvalue weighted by Gasteiger charge is -2.19. The van der Waals surface area contributed by atoms with Gasteiger partial charge in [0, 0.05) is 6.54 Å². The third-order valence-electron chi connectivity index (χ3n) is 1.36. The molecule has 0 aliphatic carbocycles. The van der Waals surface area contributed by atoms with Gasteiger partial charge in [0.15, 0.2) is 0 Å². The van der Waals surface area contributed by atoms with Crippen molar-refractivity contribution in [3.8, 4) is 0 Å². The Morgan fingerprint density at radius 3 is 2.38 bits per heavy atom. The molecule has 0 rings (SSSR count). The Morgan fingerprint density at radius 1 is 1.50 bits per heavy atom. The zero-order chi connectivity index (χ0) is 13.0. The fourth-order valence-electron chi connectivity index (χ4n) is 0.708. The van der Waals surface area contributed by atoms with Gasteiger partial charge in [0.25, 0.3) is 0 Å². The van der Waals surface area contributed by atoms with E-state index in [4.69, 9.17) is 9.52 Å². The molecule has 0 aliphatic rings. The van der Waals surface area contributed by atoms with Crippen molar-refractivity contribution in [1.29, 1.82) is 4.78 Å². The third-order valence-corrected chi connectivity index (χ3v) is 2.75. The average molecular weight is 258 g/mol. The molecular formula is C8H16F2N2O3S. The minimum atomic E-state index is -3.94. The van der Waals surface area contributed by atoms with E-state index in [0.717, 1.165) is 0 Å². The summed E-state index contributed by atoms with van der Waals surface area (Å²) in [5, 5.41) is 2.16. The SMILES string of the molecule is CC(C)(C)OC(=O)NCCS(=N)(=O)C(F)F. The molecule has 0 aromatic heterocycles. The highest BCUT2D eigenvalue weighted by atomic mass is 32.2. The van der Waals surface area contributed by atoms with Gasteiger partial charge in [0.1, 0.15) is 15.3 Å². The van der Waals surface area contributed by atoms with Gasteiger partial charge in [0.05, 0.1) is 5.75 Å². The van der Waals surface area contributed by atoms with E-state index in [1.165, 1.54) is 0 Å². The molecule has 0 radical (unpaired) electrons. The van der Waals surface area contributed by atoms with E-state index in [-0.39, 0.29) is 6.54 Å². The molecule has 0 aromatic rings. The number of halogens is 2. The molecule has 0 aliphatic heterocycles. The summed E-state index contributed by atoms with van der Waals surface area (Å²) in [6.45, 7) is 4.68. The van der Waals surface area contributed by atoms with Crippen LogP contribution in [0.15, 0.2) is 0 Å². The van der Waals surface area contributed by atoms with Crippen LogP contribution in [0.2, 0.25) is 0 Å². The van der Waals surface area contributed by atoms with Gasteiger partial charge in [-0.2, -0.15) is 8.78 Å². The molecule has 0 fully saturated rings. The highest BCUT2D eigenvalue weighted by molar-refractivity contribution is 7.92. The fraction of sp³-hybridized carbons (Fsp3) is 0.875. The minimum Gasteiger partial charge on any atom is -0.444 e. The van der Waals surface area contributed by atoms with E-state index in [0.29, 0.717) is 0 Å². The lowest BCUT2D eigenvalue weighted by atomic mass is 10.2. The summed E-state index contributed by atoms with van der Waals surface area (Å²) in [6.07, 6.45) is -0.781. The topological polar surface area (TPSA) is 79.2 Å². The van der Waals surface area contributed by atoms with Crippen molar-refractivity contribution < 1.29 is 22.5 Å². The van der Waals surface area contributed by atoms with Gasteiger partial charge in [0.2, 0.25) is 0 Å². The smallest absolute Gasteiger partial charge is 0.407 e. The largest absolute Gasteiger partial charge is 0.444 e. The standard InChI is InChI=1S/C8H16F2N2O3S/c1-8(2,3)15-7(13)12-4-5-16(11,14)6(9)10/h6,11H,4-5H2,1-3H3,(H,12,13). The van der Waals surface area contributed by atoms with Crippen LogP contribution in [0.5, 0.6) is 0 Å². The van der Waals surface area contributed by atoms with Gasteiger partial charge < -0.3 is 10.1 Å². The van der Waals surface area contributed by atoms with Gasteiger partial charge in [-0.05, 0) is 20.8 Å². The number of carbonyl (C=O) groups is 1. The Kier molecular flexibility index (Phi) is 5.11. The van der Waals surface area contributed by atoms with E-state index in [2.05, 4.69) is 5.32 Å². The number of amides is 1. The molecule has 0 heterocycles. The maximum atomic E-state index is 12.0. The number of hydrogen-bond acceptors (Lipinski definition) is 4. The molecular weight excluding hydrogens is 242 g/mol. The predicted molar refractivity (Wildman–Crippen MR) is 56.0 cm³/mol. The monoisotopic (exact) mass is 258 g/mol. The number of ether oxygens (including phenoxy) is 1. The minimum absolute atomic E-state index is 0.276. The Hall–Kier alpha value is -0.920. The number of hydrogen-bond donors (Lipinski definition) is 2. The van der Waals surface area contributed by atoms with Crippen LogP contribution < -0.4 is 5.32 Å². The van der Waals surface area contributed by atoms with E-state index >= 15 is 0 Å². The first kappa shape index (κ1) is 15.1. The summed E-state index contributed by atoms with van der Waals surface area (Å²) in [5.74, 6) is -3.79. The maximum absolute atomic E-state index is 12.0. The third kappa shape index (κ3) is 6.54. The summed E-state index contributed by atoms with van der Waals surface area (Å²) in [5.41, 5.74) is -0.685. The second-order valence-corrected chi connectivity index (χ2v) is 6.34. The van der Waals surface area contributed by atoms with Gasteiger partial charge in [-0.25, -0.2) is 13.8 Å². The summed E-state index contributed by atoms with van der Waals surface area (Å²) < 4.78 is 46.5. The Labute approximate surface area is 93.5 Å². The Balaban J connectivity index is 3.97. The molecule has 96 valence electrons. The van der Waals surface area contributed by atoms with Gasteiger partial charge in [-0.1, -0.05) is 0 Å². The zero-order valence-corrected chi connectivity index (χ0v) is 10.2. The number of nitrogens with one attached hydrogen (secondary N) is 2. The van der Waals surface area contributed by atoms with E-state index in [1.54, 1.807) is 20.8 Å². The van der Waals surface area contributed by atoms with Crippen LogP contribution in [0.25, 0.3) is 0 Å². The van der Waals surface area contributed by atoms with Crippen molar-refractivity contribution in [1.82, 2.24) is 5.32 Å². The maximum Gasteiger partial charge on any atom is 0.407 e. The Bertz CT molecular complexity index is 336. The molecule has 0 aromatic carbocycles. The average Bonchev–Trinajstić information content (AvgIpc) is 1.99. The number of alkyl halides is 2. The van der Waals surface area contributed by atoms with Crippen LogP contribution in [0.1, 0.15) is 20.8 Å². The van der Waals surface area contributed by atoms with Crippen molar-refractivity contribution >= 4 is 15.8 Å². The van der Waals surface area contributed by atoms with E-state index in [9.17, 15) is 17.8 Å². The first-order valence-electron chi connectivity index (χ1n) is 4.55. The summed E-state index contributed by atoms with van der Waals surface area (Å²) >= 11 is 0. The van der Waals surface area contributed by atoms with Gasteiger partial charge in [-0.3, -0.25) is 0 Å². The van der Waals surface area contributed by atoms with Gasteiger partial charge >= 0.3 is 11.9 Å². The van der Waals surface area contributed by atoms with Crippen LogP contribution in [0, 0.1) is 4.78 Å². The van der Waals surface area contributed by atoms with Crippen molar-refractivity contribution in [2.45, 2.75) is 32.1 Å². The number of alkyl carbamates (subject to hydrolysis) is 1. The number of rotatable bonds is 4. The molecule has 0 saturated heterocycles. The normalized spacial score (nSPS) is 15.6. The second-order valence-electron chi connectivity index (χ2n) is 4.12. The number of carbonyl (C=O) groups excluding carboxylic acids is 1. The molecule has 1 atom stereocenters. The molecule has 8 heteroatoms.